The van der Waals surface area contributed by atoms with Gasteiger partial charge in [-0.25, -0.2) is 18.9 Å². The van der Waals surface area contributed by atoms with Gasteiger partial charge in [-0.3, -0.25) is 14.4 Å². The van der Waals surface area contributed by atoms with Crippen molar-refractivity contribution in [3.8, 4) is 16.9 Å². The Hall–Kier alpha value is -5.72. The fraction of sp³-hybridized carbons (Fsp3) is 0.242. The van der Waals surface area contributed by atoms with E-state index in [2.05, 4.69) is 20.5 Å². The molecule has 0 radical (unpaired) electrons. The lowest BCUT2D eigenvalue weighted by Crippen LogP contribution is -2.25. The first-order valence-electron chi connectivity index (χ1n) is 14.2. The molecule has 5 aromatic rings. The summed E-state index contributed by atoms with van der Waals surface area (Å²) in [5, 5.41) is 11.9. The Bertz CT molecular complexity index is 2120. The van der Waals surface area contributed by atoms with Crippen LogP contribution in [0.15, 0.2) is 70.5 Å². The molecular weight excluding hydrogens is 595 g/mol. The second-order valence-corrected chi connectivity index (χ2v) is 11.5. The predicted molar refractivity (Wildman–Crippen MR) is 169 cm³/mol. The van der Waals surface area contributed by atoms with Gasteiger partial charge in [0.05, 0.1) is 35.6 Å². The molecular formula is C33H31FN6O6. The molecule has 2 aromatic carbocycles. The zero-order valence-corrected chi connectivity index (χ0v) is 26.0. The standard InChI is InChI=1S/C33H31FN6O6/c1-18(41)46-17-23-22(25-14-26(30(42)39(5)38-25)37-28-11-10-19(15-35-28)32(44)45-6)8-7-9-27(23)40-31(43)29-20(16-36-40)12-21(13-24(29)34)33(2,3)4/h7-16H,17H2,1-6H3,(H,35,37). The summed E-state index contributed by atoms with van der Waals surface area (Å²) in [6.07, 6.45) is 2.73. The fourth-order valence-corrected chi connectivity index (χ4v) is 4.85. The van der Waals surface area contributed by atoms with Crippen molar-refractivity contribution in [2.45, 2.75) is 39.7 Å². The van der Waals surface area contributed by atoms with Gasteiger partial charge in [-0.05, 0) is 47.4 Å². The van der Waals surface area contributed by atoms with Crippen LogP contribution in [0.2, 0.25) is 0 Å². The first kappa shape index (κ1) is 31.7. The lowest BCUT2D eigenvalue weighted by atomic mass is 9.86. The van der Waals surface area contributed by atoms with Gasteiger partial charge in [-0.2, -0.15) is 14.9 Å². The van der Waals surface area contributed by atoms with Gasteiger partial charge in [-0.15, -0.1) is 0 Å². The Balaban J connectivity index is 1.65. The van der Waals surface area contributed by atoms with Crippen LogP contribution in [-0.4, -0.2) is 43.6 Å². The van der Waals surface area contributed by atoms with Gasteiger partial charge in [0.1, 0.15) is 23.9 Å². The molecule has 0 spiro atoms. The van der Waals surface area contributed by atoms with Crippen LogP contribution in [0, 0.1) is 5.82 Å². The number of fused-ring (bicyclic) bond motifs is 1. The van der Waals surface area contributed by atoms with Gasteiger partial charge in [-0.1, -0.05) is 32.9 Å². The number of benzene rings is 2. The van der Waals surface area contributed by atoms with Crippen molar-refractivity contribution in [2.75, 3.05) is 12.4 Å². The van der Waals surface area contributed by atoms with E-state index >= 15 is 4.39 Å². The average Bonchev–Trinajstić information content (AvgIpc) is 3.01. The number of nitrogens with zero attached hydrogens (tertiary/aromatic N) is 5. The van der Waals surface area contributed by atoms with E-state index in [1.165, 1.54) is 57.7 Å². The third-order valence-electron chi connectivity index (χ3n) is 7.29. The minimum absolute atomic E-state index is 0.104. The van der Waals surface area contributed by atoms with Gasteiger partial charge in [0.25, 0.3) is 11.1 Å². The predicted octanol–water partition coefficient (Wildman–Crippen LogP) is 4.57. The Morgan fingerprint density at radius 1 is 1.02 bits per heavy atom. The molecule has 0 aliphatic rings. The van der Waals surface area contributed by atoms with E-state index in [1.54, 1.807) is 24.3 Å². The van der Waals surface area contributed by atoms with Crippen molar-refractivity contribution in [1.82, 2.24) is 24.5 Å². The molecule has 0 saturated carbocycles. The molecule has 0 bridgehead atoms. The largest absolute Gasteiger partial charge is 0.465 e. The van der Waals surface area contributed by atoms with Crippen LogP contribution in [0.5, 0.6) is 0 Å². The molecule has 3 heterocycles. The quantitative estimate of drug-likeness (QED) is 0.255. The van der Waals surface area contributed by atoms with Crippen molar-refractivity contribution in [3.63, 3.8) is 0 Å². The molecule has 0 amide bonds. The molecule has 0 atom stereocenters. The average molecular weight is 627 g/mol. The topological polar surface area (TPSA) is 147 Å². The van der Waals surface area contributed by atoms with E-state index in [-0.39, 0.29) is 45.9 Å². The maximum Gasteiger partial charge on any atom is 0.339 e. The number of halogens is 1. The number of aryl methyl sites for hydroxylation is 1. The minimum Gasteiger partial charge on any atom is -0.465 e. The van der Waals surface area contributed by atoms with Gasteiger partial charge in [0.2, 0.25) is 0 Å². The molecule has 0 aliphatic carbocycles. The van der Waals surface area contributed by atoms with E-state index in [4.69, 9.17) is 9.47 Å². The van der Waals surface area contributed by atoms with Crippen LogP contribution < -0.4 is 16.4 Å². The lowest BCUT2D eigenvalue weighted by molar-refractivity contribution is -0.142. The third-order valence-corrected chi connectivity index (χ3v) is 7.29. The van der Waals surface area contributed by atoms with Crippen LogP contribution in [0.4, 0.5) is 15.9 Å². The van der Waals surface area contributed by atoms with Crippen molar-refractivity contribution >= 4 is 34.2 Å². The summed E-state index contributed by atoms with van der Waals surface area (Å²) in [4.78, 5) is 54.6. The Morgan fingerprint density at radius 2 is 1.78 bits per heavy atom. The highest BCUT2D eigenvalue weighted by molar-refractivity contribution is 5.89. The molecule has 13 heteroatoms. The van der Waals surface area contributed by atoms with E-state index in [0.29, 0.717) is 22.1 Å². The summed E-state index contributed by atoms with van der Waals surface area (Å²) in [7, 11) is 2.72. The minimum atomic E-state index is -0.700. The van der Waals surface area contributed by atoms with Gasteiger partial charge in [0.15, 0.2) is 0 Å². The summed E-state index contributed by atoms with van der Waals surface area (Å²) in [6, 6.07) is 12.5. The normalized spacial score (nSPS) is 11.4. The number of esters is 2. The number of hydrogen-bond donors (Lipinski definition) is 1. The number of methoxy groups -OCH3 is 1. The molecule has 3 aromatic heterocycles. The zero-order valence-electron chi connectivity index (χ0n) is 26.0. The van der Waals surface area contributed by atoms with Gasteiger partial charge < -0.3 is 14.8 Å². The van der Waals surface area contributed by atoms with Gasteiger partial charge >= 0.3 is 11.9 Å². The number of ether oxygens (including phenoxy) is 2. The number of carbonyl (C=O) groups excluding carboxylic acids is 2. The van der Waals surface area contributed by atoms with Crippen LogP contribution in [0.1, 0.15) is 49.2 Å². The molecule has 0 unspecified atom stereocenters. The van der Waals surface area contributed by atoms with Crippen LogP contribution >= 0.6 is 0 Å². The molecule has 5 rings (SSSR count). The highest BCUT2D eigenvalue weighted by Crippen LogP contribution is 2.30. The summed E-state index contributed by atoms with van der Waals surface area (Å²) < 4.78 is 27.7. The van der Waals surface area contributed by atoms with Crippen LogP contribution in [-0.2, 0) is 33.3 Å². The van der Waals surface area contributed by atoms with Crippen molar-refractivity contribution in [1.29, 1.82) is 0 Å². The molecule has 0 aliphatic heterocycles. The number of anilines is 2. The fourth-order valence-electron chi connectivity index (χ4n) is 4.85. The first-order valence-corrected chi connectivity index (χ1v) is 14.2. The lowest BCUT2D eigenvalue weighted by Gasteiger charge is -2.20. The maximum absolute atomic E-state index is 15.4. The monoisotopic (exact) mass is 626 g/mol. The number of nitrogens with one attached hydrogen (secondary N) is 1. The summed E-state index contributed by atoms with van der Waals surface area (Å²) in [5.74, 6) is -1.53. The van der Waals surface area contributed by atoms with Crippen LogP contribution in [0.3, 0.4) is 0 Å². The van der Waals surface area contributed by atoms with E-state index in [9.17, 15) is 19.2 Å². The summed E-state index contributed by atoms with van der Waals surface area (Å²) >= 11 is 0. The number of pyridine rings is 1. The Labute approximate surface area is 262 Å². The van der Waals surface area contributed by atoms with Crippen LogP contribution in [0.25, 0.3) is 27.7 Å². The molecule has 0 saturated heterocycles. The third kappa shape index (κ3) is 6.25. The molecule has 46 heavy (non-hydrogen) atoms. The van der Waals surface area contributed by atoms with Gasteiger partial charge in [0, 0.05) is 36.7 Å². The SMILES string of the molecule is COC(=O)c1ccc(Nc2cc(-c3cccc(-n4ncc5cc(C(C)(C)C)cc(F)c5c4=O)c3COC(C)=O)nn(C)c2=O)nc1. The van der Waals surface area contributed by atoms with Crippen molar-refractivity contribution in [3.05, 3.63) is 104 Å². The molecule has 1 N–H and O–H groups in total. The zero-order chi connectivity index (χ0) is 33.3. The second-order valence-electron chi connectivity index (χ2n) is 11.5. The summed E-state index contributed by atoms with van der Waals surface area (Å²) in [6.45, 7) is 6.81. The maximum atomic E-state index is 15.4. The summed E-state index contributed by atoms with van der Waals surface area (Å²) in [5.41, 5.74) is 0.807. The highest BCUT2D eigenvalue weighted by Gasteiger charge is 2.22. The Kier molecular flexibility index (Phi) is 8.51. The molecule has 0 fully saturated rings. The number of carbonyl (C=O) groups is 2. The Morgan fingerprint density at radius 3 is 2.43 bits per heavy atom. The second kappa shape index (κ2) is 12.3. The first-order chi connectivity index (χ1) is 21.8. The van der Waals surface area contributed by atoms with E-state index in [0.717, 1.165) is 9.36 Å². The number of aromatic nitrogens is 5. The number of hydrogen-bond acceptors (Lipinski definition) is 10. The van der Waals surface area contributed by atoms with E-state index < -0.39 is 28.9 Å². The molecule has 236 valence electrons. The van der Waals surface area contributed by atoms with E-state index in [1.807, 2.05) is 20.8 Å². The van der Waals surface area contributed by atoms with Crippen molar-refractivity contribution < 1.29 is 23.5 Å². The molecule has 12 nitrogen and oxygen atoms in total. The highest BCUT2D eigenvalue weighted by atomic mass is 19.1. The smallest absolute Gasteiger partial charge is 0.339 e. The number of rotatable bonds is 7. The van der Waals surface area contributed by atoms with Crippen molar-refractivity contribution in [2.24, 2.45) is 7.05 Å².